The number of benzene rings is 2. The summed E-state index contributed by atoms with van der Waals surface area (Å²) in [5.74, 6) is -1.07. The normalized spacial score (nSPS) is 17.2. The number of carbonyl (C=O) groups is 2. The number of rotatable bonds is 6. The molecule has 0 bridgehead atoms. The van der Waals surface area contributed by atoms with Gasteiger partial charge in [-0.2, -0.15) is 0 Å². The molecule has 174 valence electrons. The van der Waals surface area contributed by atoms with E-state index in [0.717, 1.165) is 11.3 Å². The van der Waals surface area contributed by atoms with Gasteiger partial charge in [-0.1, -0.05) is 18.2 Å². The number of likely N-dealkylation sites (tertiary alicyclic amines) is 1. The van der Waals surface area contributed by atoms with Crippen LogP contribution < -0.4 is 9.64 Å². The molecule has 1 saturated heterocycles. The van der Waals surface area contributed by atoms with Crippen LogP contribution in [-0.4, -0.2) is 47.9 Å². The number of nitrogens with zero attached hydrogens (tertiary/aromatic N) is 3. The first-order valence-electron chi connectivity index (χ1n) is 10.6. The minimum Gasteiger partial charge on any atom is -0.507 e. The predicted molar refractivity (Wildman–Crippen MR) is 134 cm³/mol. The fraction of sp³-hybridized carbons (Fsp3) is 0.192. The lowest BCUT2D eigenvalue weighted by molar-refractivity contribution is -0.140. The number of aromatic nitrogens is 1. The van der Waals surface area contributed by atoms with Gasteiger partial charge in [-0.15, -0.1) is 0 Å². The van der Waals surface area contributed by atoms with Crippen molar-refractivity contribution in [3.63, 3.8) is 0 Å². The Bertz CT molecular complexity index is 1260. The third-order valence-corrected chi connectivity index (χ3v) is 6.37. The fourth-order valence-corrected chi connectivity index (χ4v) is 4.52. The molecule has 1 N–H and O–H groups in total. The molecular weight excluding hydrogens is 498 g/mol. The smallest absolute Gasteiger partial charge is 0.296 e. The van der Waals surface area contributed by atoms with Gasteiger partial charge in [0.15, 0.2) is 0 Å². The summed E-state index contributed by atoms with van der Waals surface area (Å²) in [7, 11) is 5.41. The molecule has 4 rings (SSSR count). The Morgan fingerprint density at radius 2 is 1.85 bits per heavy atom. The van der Waals surface area contributed by atoms with Crippen LogP contribution in [0.15, 0.2) is 76.9 Å². The van der Waals surface area contributed by atoms with Crippen LogP contribution in [0.2, 0.25) is 0 Å². The van der Waals surface area contributed by atoms with Gasteiger partial charge in [0.05, 0.1) is 35.4 Å². The van der Waals surface area contributed by atoms with E-state index >= 15 is 0 Å². The zero-order valence-electron chi connectivity index (χ0n) is 19.0. The lowest BCUT2D eigenvalue weighted by atomic mass is 9.95. The number of halogens is 1. The molecule has 1 amide bonds. The second-order valence-electron chi connectivity index (χ2n) is 8.08. The topological polar surface area (TPSA) is 83.0 Å². The van der Waals surface area contributed by atoms with Crippen LogP contribution in [0.4, 0.5) is 5.69 Å². The van der Waals surface area contributed by atoms with Gasteiger partial charge in [0.25, 0.3) is 11.7 Å². The summed E-state index contributed by atoms with van der Waals surface area (Å²) >= 11 is 3.41. The van der Waals surface area contributed by atoms with Crippen LogP contribution in [0, 0.1) is 0 Å². The molecule has 0 saturated carbocycles. The minimum absolute atomic E-state index is 0.0376. The van der Waals surface area contributed by atoms with Crippen molar-refractivity contribution in [3.05, 3.63) is 93.7 Å². The quantitative estimate of drug-likeness (QED) is 0.291. The molecular formula is C26H24BrN3O4. The molecule has 8 heteroatoms. The van der Waals surface area contributed by atoms with Gasteiger partial charge in [-0.05, 0) is 64.0 Å². The van der Waals surface area contributed by atoms with E-state index in [2.05, 4.69) is 20.9 Å². The maximum atomic E-state index is 13.2. The number of methoxy groups -OCH3 is 1. The van der Waals surface area contributed by atoms with Gasteiger partial charge in [0, 0.05) is 31.5 Å². The monoisotopic (exact) mass is 521 g/mol. The van der Waals surface area contributed by atoms with Crippen molar-refractivity contribution in [3.8, 4) is 5.75 Å². The van der Waals surface area contributed by atoms with E-state index in [1.807, 2.05) is 49.3 Å². The first-order valence-corrected chi connectivity index (χ1v) is 11.4. The molecule has 1 aliphatic heterocycles. The largest absolute Gasteiger partial charge is 0.507 e. The van der Waals surface area contributed by atoms with E-state index in [9.17, 15) is 14.7 Å². The van der Waals surface area contributed by atoms with E-state index in [-0.39, 0.29) is 17.9 Å². The summed E-state index contributed by atoms with van der Waals surface area (Å²) in [5.41, 5.74) is 2.78. The number of aliphatic hydroxyl groups excluding tert-OH is 1. The standard InChI is InChI=1S/C26H24BrN3O4/c1-29(2)19-10-7-16(8-11-19)23-22(24(31)17-9-12-21(34-3)20(27)14-17)25(32)26(33)30(23)15-18-6-4-5-13-28-18/h4-14,23,31H,15H2,1-3H3/b24-22-. The minimum atomic E-state index is -0.765. The Kier molecular flexibility index (Phi) is 6.70. The van der Waals surface area contributed by atoms with Gasteiger partial charge in [-0.25, -0.2) is 0 Å². The van der Waals surface area contributed by atoms with Crippen LogP contribution in [0.1, 0.15) is 22.9 Å². The van der Waals surface area contributed by atoms with Crippen molar-refractivity contribution in [2.75, 3.05) is 26.1 Å². The van der Waals surface area contributed by atoms with Crippen LogP contribution >= 0.6 is 15.9 Å². The molecule has 1 aromatic heterocycles. The highest BCUT2D eigenvalue weighted by molar-refractivity contribution is 9.10. The van der Waals surface area contributed by atoms with Gasteiger partial charge < -0.3 is 19.6 Å². The number of amides is 1. The highest BCUT2D eigenvalue weighted by Gasteiger charge is 2.46. The van der Waals surface area contributed by atoms with Crippen molar-refractivity contribution in [1.29, 1.82) is 0 Å². The lowest BCUT2D eigenvalue weighted by Crippen LogP contribution is -2.29. The maximum Gasteiger partial charge on any atom is 0.296 e. The molecule has 0 radical (unpaired) electrons. The highest BCUT2D eigenvalue weighted by atomic mass is 79.9. The van der Waals surface area contributed by atoms with Crippen molar-refractivity contribution in [1.82, 2.24) is 9.88 Å². The Hall–Kier alpha value is -3.65. The number of hydrogen-bond acceptors (Lipinski definition) is 6. The molecule has 1 aliphatic rings. The van der Waals surface area contributed by atoms with Gasteiger partial charge in [-0.3, -0.25) is 14.6 Å². The number of carbonyl (C=O) groups excluding carboxylic acids is 2. The van der Waals surface area contributed by atoms with Crippen LogP contribution in [0.5, 0.6) is 5.75 Å². The zero-order valence-corrected chi connectivity index (χ0v) is 20.6. The average Bonchev–Trinajstić information content (AvgIpc) is 3.09. The average molecular weight is 522 g/mol. The van der Waals surface area contributed by atoms with Crippen molar-refractivity contribution in [2.24, 2.45) is 0 Å². The third kappa shape index (κ3) is 4.41. The van der Waals surface area contributed by atoms with Crippen molar-refractivity contribution < 1.29 is 19.4 Å². The number of pyridine rings is 1. The highest BCUT2D eigenvalue weighted by Crippen LogP contribution is 2.41. The van der Waals surface area contributed by atoms with Gasteiger partial charge in [0.1, 0.15) is 11.5 Å². The van der Waals surface area contributed by atoms with E-state index in [1.54, 1.807) is 43.6 Å². The summed E-state index contributed by atoms with van der Waals surface area (Å²) in [4.78, 5) is 34.1. The molecule has 1 unspecified atom stereocenters. The molecule has 1 fully saturated rings. The van der Waals surface area contributed by atoms with Crippen LogP contribution in [0.25, 0.3) is 5.76 Å². The predicted octanol–water partition coefficient (Wildman–Crippen LogP) is 4.54. The van der Waals surface area contributed by atoms with Crippen LogP contribution in [-0.2, 0) is 16.1 Å². The van der Waals surface area contributed by atoms with E-state index < -0.39 is 17.7 Å². The summed E-state index contributed by atoms with van der Waals surface area (Å²) in [6.07, 6.45) is 1.64. The summed E-state index contributed by atoms with van der Waals surface area (Å²) < 4.78 is 5.88. The Morgan fingerprint density at radius 1 is 1.12 bits per heavy atom. The molecule has 2 aromatic carbocycles. The first kappa shape index (κ1) is 23.5. The zero-order chi connectivity index (χ0) is 24.4. The molecule has 34 heavy (non-hydrogen) atoms. The van der Waals surface area contributed by atoms with E-state index in [4.69, 9.17) is 4.74 Å². The first-order chi connectivity index (χ1) is 16.3. The SMILES string of the molecule is COc1ccc(/C(O)=C2/C(=O)C(=O)N(Cc3ccccn3)C2c2ccc(N(C)C)cc2)cc1Br. The number of ketones is 1. The lowest BCUT2D eigenvalue weighted by Gasteiger charge is -2.25. The van der Waals surface area contributed by atoms with E-state index in [1.165, 1.54) is 4.90 Å². The Morgan fingerprint density at radius 3 is 2.44 bits per heavy atom. The van der Waals surface area contributed by atoms with Crippen molar-refractivity contribution in [2.45, 2.75) is 12.6 Å². The summed E-state index contributed by atoms with van der Waals surface area (Å²) in [6, 6.07) is 17.2. The number of Topliss-reactive ketones (excluding diaryl/α,β-unsaturated/α-hetero) is 1. The summed E-state index contributed by atoms with van der Waals surface area (Å²) in [6.45, 7) is 0.134. The number of ether oxygens (including phenoxy) is 1. The second kappa shape index (κ2) is 9.69. The van der Waals surface area contributed by atoms with Crippen LogP contribution in [0.3, 0.4) is 0 Å². The van der Waals surface area contributed by atoms with Crippen molar-refractivity contribution >= 4 is 39.1 Å². The Labute approximate surface area is 206 Å². The van der Waals surface area contributed by atoms with Gasteiger partial charge in [0.2, 0.25) is 0 Å². The number of hydrogen-bond donors (Lipinski definition) is 1. The molecule has 7 nitrogen and oxygen atoms in total. The third-order valence-electron chi connectivity index (χ3n) is 5.75. The number of aliphatic hydroxyl groups is 1. The van der Waals surface area contributed by atoms with E-state index in [0.29, 0.717) is 21.5 Å². The second-order valence-corrected chi connectivity index (χ2v) is 8.94. The molecule has 0 aliphatic carbocycles. The van der Waals surface area contributed by atoms with Gasteiger partial charge >= 0.3 is 0 Å². The molecule has 1 atom stereocenters. The molecule has 0 spiro atoms. The number of anilines is 1. The molecule has 2 heterocycles. The molecule has 3 aromatic rings. The Balaban J connectivity index is 1.85. The summed E-state index contributed by atoms with van der Waals surface area (Å²) in [5, 5.41) is 11.2. The fourth-order valence-electron chi connectivity index (χ4n) is 3.98. The maximum absolute atomic E-state index is 13.2.